The van der Waals surface area contributed by atoms with E-state index in [9.17, 15) is 4.79 Å². The molecule has 0 amide bonds. The topological polar surface area (TPSA) is 38.1 Å². The fourth-order valence-electron chi connectivity index (χ4n) is 0.917. The van der Waals surface area contributed by atoms with Crippen molar-refractivity contribution in [2.24, 2.45) is 0 Å². The second-order valence-electron chi connectivity index (χ2n) is 2.86. The Morgan fingerprint density at radius 1 is 1.62 bits per heavy atom. The number of aromatic nitrogens is 2. The molecule has 0 aliphatic heterocycles. The van der Waals surface area contributed by atoms with Gasteiger partial charge in [0.25, 0.3) is 5.56 Å². The molecule has 0 bridgehead atoms. The average Bonchev–Trinajstić information content (AvgIpc) is 2.08. The molecule has 0 saturated heterocycles. The van der Waals surface area contributed by atoms with Crippen molar-refractivity contribution in [3.8, 4) is 0 Å². The Kier molecular flexibility index (Phi) is 3.48. The molecule has 1 aromatic rings. The van der Waals surface area contributed by atoms with Crippen molar-refractivity contribution in [2.45, 2.75) is 6.54 Å². The van der Waals surface area contributed by atoms with E-state index in [4.69, 9.17) is 0 Å². The standard InChI is InChI=1S/C8H12BrN3O/c1-11(2)7-5-8(13)12(4-3-9)10-6-7/h5-6H,3-4H2,1-2H3. The van der Waals surface area contributed by atoms with Gasteiger partial charge in [-0.1, -0.05) is 15.9 Å². The molecule has 0 N–H and O–H groups in total. The third-order valence-electron chi connectivity index (χ3n) is 1.67. The maximum atomic E-state index is 11.4. The largest absolute Gasteiger partial charge is 0.376 e. The van der Waals surface area contributed by atoms with Crippen LogP contribution in [-0.2, 0) is 6.54 Å². The Hall–Kier alpha value is -0.840. The highest BCUT2D eigenvalue weighted by Crippen LogP contribution is 2.03. The third kappa shape index (κ3) is 2.55. The molecule has 0 radical (unpaired) electrons. The molecule has 0 aromatic carbocycles. The molecule has 1 heterocycles. The maximum Gasteiger partial charge on any atom is 0.268 e. The van der Waals surface area contributed by atoms with Gasteiger partial charge in [0.2, 0.25) is 0 Å². The number of hydrogen-bond acceptors (Lipinski definition) is 3. The minimum Gasteiger partial charge on any atom is -0.376 e. The van der Waals surface area contributed by atoms with Crippen molar-refractivity contribution in [1.82, 2.24) is 9.78 Å². The van der Waals surface area contributed by atoms with Gasteiger partial charge in [0.1, 0.15) is 0 Å². The van der Waals surface area contributed by atoms with Crippen LogP contribution >= 0.6 is 15.9 Å². The first-order valence-electron chi connectivity index (χ1n) is 3.95. The van der Waals surface area contributed by atoms with Crippen LogP contribution in [0.25, 0.3) is 0 Å². The van der Waals surface area contributed by atoms with Crippen LogP contribution in [0, 0.1) is 0 Å². The van der Waals surface area contributed by atoms with Crippen molar-refractivity contribution >= 4 is 21.6 Å². The summed E-state index contributed by atoms with van der Waals surface area (Å²) < 4.78 is 1.43. The van der Waals surface area contributed by atoms with Gasteiger partial charge in [0.15, 0.2) is 0 Å². The van der Waals surface area contributed by atoms with E-state index in [0.717, 1.165) is 11.0 Å². The second kappa shape index (κ2) is 4.41. The maximum absolute atomic E-state index is 11.4. The summed E-state index contributed by atoms with van der Waals surface area (Å²) in [4.78, 5) is 13.2. The summed E-state index contributed by atoms with van der Waals surface area (Å²) in [6.07, 6.45) is 1.68. The molecular formula is C8H12BrN3O. The number of rotatable bonds is 3. The van der Waals surface area contributed by atoms with Crippen molar-refractivity contribution in [1.29, 1.82) is 0 Å². The molecule has 4 nitrogen and oxygen atoms in total. The lowest BCUT2D eigenvalue weighted by Crippen LogP contribution is -2.24. The van der Waals surface area contributed by atoms with Crippen molar-refractivity contribution in [2.75, 3.05) is 24.3 Å². The summed E-state index contributed by atoms with van der Waals surface area (Å²) in [6.45, 7) is 0.604. The Bertz CT molecular complexity index is 334. The molecule has 0 spiro atoms. The molecule has 0 unspecified atom stereocenters. The van der Waals surface area contributed by atoms with Gasteiger partial charge in [-0.05, 0) is 0 Å². The van der Waals surface area contributed by atoms with Crippen molar-refractivity contribution in [3.63, 3.8) is 0 Å². The predicted octanol–water partition coefficient (Wildman–Crippen LogP) is 0.704. The molecule has 72 valence electrons. The monoisotopic (exact) mass is 245 g/mol. The van der Waals surface area contributed by atoms with Crippen LogP contribution in [0.2, 0.25) is 0 Å². The molecule has 0 atom stereocenters. The summed E-state index contributed by atoms with van der Waals surface area (Å²) in [5, 5.41) is 4.76. The van der Waals surface area contributed by atoms with Crippen LogP contribution in [0.15, 0.2) is 17.1 Å². The first-order valence-corrected chi connectivity index (χ1v) is 5.07. The number of halogens is 1. The van der Waals surface area contributed by atoms with Gasteiger partial charge >= 0.3 is 0 Å². The zero-order chi connectivity index (χ0) is 9.84. The van der Waals surface area contributed by atoms with E-state index >= 15 is 0 Å². The van der Waals surface area contributed by atoms with Gasteiger partial charge in [0.05, 0.1) is 18.4 Å². The SMILES string of the molecule is CN(C)c1cnn(CCBr)c(=O)c1. The summed E-state index contributed by atoms with van der Waals surface area (Å²) in [7, 11) is 3.76. The lowest BCUT2D eigenvalue weighted by molar-refractivity contribution is 0.623. The van der Waals surface area contributed by atoms with Crippen LogP contribution in [0.3, 0.4) is 0 Å². The van der Waals surface area contributed by atoms with E-state index in [1.807, 2.05) is 19.0 Å². The molecule has 1 aromatic heterocycles. The normalized spacial score (nSPS) is 10.1. The van der Waals surface area contributed by atoms with Gasteiger partial charge < -0.3 is 4.90 Å². The van der Waals surface area contributed by atoms with Gasteiger partial charge in [-0.15, -0.1) is 0 Å². The van der Waals surface area contributed by atoms with Crippen LogP contribution in [0.4, 0.5) is 5.69 Å². The van der Waals surface area contributed by atoms with Crippen LogP contribution in [-0.4, -0.2) is 29.2 Å². The van der Waals surface area contributed by atoms with Crippen LogP contribution in [0.1, 0.15) is 0 Å². The molecule has 0 fully saturated rings. The number of aryl methyl sites for hydroxylation is 1. The Balaban J connectivity index is 2.99. The third-order valence-corrected chi connectivity index (χ3v) is 2.02. The predicted molar refractivity (Wildman–Crippen MR) is 56.6 cm³/mol. The number of anilines is 1. The fraction of sp³-hybridized carbons (Fsp3) is 0.500. The summed E-state index contributed by atoms with van der Waals surface area (Å²) >= 11 is 3.26. The van der Waals surface area contributed by atoms with Gasteiger partial charge in [-0.3, -0.25) is 4.79 Å². The minimum absolute atomic E-state index is 0.0642. The van der Waals surface area contributed by atoms with E-state index in [1.54, 1.807) is 12.3 Å². The summed E-state index contributed by atoms with van der Waals surface area (Å²) in [6, 6.07) is 1.58. The van der Waals surface area contributed by atoms with Crippen molar-refractivity contribution in [3.05, 3.63) is 22.6 Å². The first kappa shape index (κ1) is 10.2. The highest BCUT2D eigenvalue weighted by atomic mass is 79.9. The van der Waals surface area contributed by atoms with Gasteiger partial charge in [0, 0.05) is 25.5 Å². The highest BCUT2D eigenvalue weighted by Gasteiger charge is 1.99. The smallest absolute Gasteiger partial charge is 0.268 e. The Labute approximate surface area is 85.3 Å². The summed E-state index contributed by atoms with van der Waals surface area (Å²) in [5.74, 6) is 0. The number of alkyl halides is 1. The summed E-state index contributed by atoms with van der Waals surface area (Å²) in [5.41, 5.74) is 0.765. The molecule has 0 aliphatic rings. The zero-order valence-electron chi connectivity index (χ0n) is 7.70. The highest BCUT2D eigenvalue weighted by molar-refractivity contribution is 9.09. The lowest BCUT2D eigenvalue weighted by atomic mass is 10.4. The van der Waals surface area contributed by atoms with Gasteiger partial charge in [-0.2, -0.15) is 5.10 Å². The second-order valence-corrected chi connectivity index (χ2v) is 3.65. The minimum atomic E-state index is -0.0642. The van der Waals surface area contributed by atoms with Crippen molar-refractivity contribution < 1.29 is 0 Å². The molecule has 0 saturated carbocycles. The quantitative estimate of drug-likeness (QED) is 0.737. The van der Waals surface area contributed by atoms with Gasteiger partial charge in [-0.25, -0.2) is 4.68 Å². The number of hydrogen-bond donors (Lipinski definition) is 0. The van der Waals surface area contributed by atoms with E-state index in [2.05, 4.69) is 21.0 Å². The van der Waals surface area contributed by atoms with Crippen LogP contribution in [0.5, 0.6) is 0 Å². The molecule has 5 heteroatoms. The Morgan fingerprint density at radius 2 is 2.31 bits per heavy atom. The molecular weight excluding hydrogens is 234 g/mol. The first-order chi connectivity index (χ1) is 6.15. The van der Waals surface area contributed by atoms with E-state index in [0.29, 0.717) is 6.54 Å². The van der Waals surface area contributed by atoms with E-state index in [1.165, 1.54) is 4.68 Å². The fourth-order valence-corrected chi connectivity index (χ4v) is 1.25. The lowest BCUT2D eigenvalue weighted by Gasteiger charge is -2.11. The molecule has 1 rings (SSSR count). The van der Waals surface area contributed by atoms with Crippen LogP contribution < -0.4 is 10.5 Å². The van der Waals surface area contributed by atoms with E-state index < -0.39 is 0 Å². The zero-order valence-corrected chi connectivity index (χ0v) is 9.28. The Morgan fingerprint density at radius 3 is 2.77 bits per heavy atom. The molecule has 0 aliphatic carbocycles. The number of nitrogens with zero attached hydrogens (tertiary/aromatic N) is 3. The average molecular weight is 246 g/mol. The molecule has 13 heavy (non-hydrogen) atoms. The van der Waals surface area contributed by atoms with E-state index in [-0.39, 0.29) is 5.56 Å².